The van der Waals surface area contributed by atoms with E-state index < -0.39 is 0 Å². The molecule has 2 aliphatic rings. The summed E-state index contributed by atoms with van der Waals surface area (Å²) in [7, 11) is 5.56. The summed E-state index contributed by atoms with van der Waals surface area (Å²) in [5.74, 6) is 0.819. The Morgan fingerprint density at radius 3 is 2.48 bits per heavy atom. The van der Waals surface area contributed by atoms with Crippen LogP contribution in [-0.2, 0) is 0 Å². The topological polar surface area (TPSA) is 77.3 Å². The van der Waals surface area contributed by atoms with E-state index in [9.17, 15) is 9.59 Å². The van der Waals surface area contributed by atoms with Crippen LogP contribution in [0.15, 0.2) is 18.3 Å². The molecule has 9 nitrogen and oxygen atoms in total. The molecule has 2 aromatic rings. The summed E-state index contributed by atoms with van der Waals surface area (Å²) in [6.45, 7) is 3.61. The third-order valence-electron chi connectivity index (χ3n) is 5.92. The summed E-state index contributed by atoms with van der Waals surface area (Å²) in [5.41, 5.74) is 1.36. The van der Waals surface area contributed by atoms with E-state index >= 15 is 0 Å². The van der Waals surface area contributed by atoms with Crippen molar-refractivity contribution in [2.24, 2.45) is 0 Å². The number of fused-ring (bicyclic) bond motifs is 1. The van der Waals surface area contributed by atoms with Gasteiger partial charge in [0, 0.05) is 53.0 Å². The molecule has 2 saturated heterocycles. The van der Waals surface area contributed by atoms with E-state index in [0.717, 1.165) is 38.3 Å². The number of hydrogen-bond donors (Lipinski definition) is 0. The van der Waals surface area contributed by atoms with Gasteiger partial charge in [-0.3, -0.25) is 14.1 Å². The Hall–Kier alpha value is -2.68. The van der Waals surface area contributed by atoms with Crippen molar-refractivity contribution in [2.75, 3.05) is 53.9 Å². The summed E-state index contributed by atoms with van der Waals surface area (Å²) >= 11 is 0. The first-order valence-electron chi connectivity index (χ1n) is 10.3. The van der Waals surface area contributed by atoms with Crippen LogP contribution in [0.3, 0.4) is 0 Å². The van der Waals surface area contributed by atoms with Crippen LogP contribution in [0.25, 0.3) is 5.65 Å². The van der Waals surface area contributed by atoms with Gasteiger partial charge in [-0.05, 0) is 38.4 Å². The molecule has 1 atom stereocenters. The number of carbonyl (C=O) groups excluding carboxylic acids is 2. The zero-order valence-electron chi connectivity index (χ0n) is 17.4. The Morgan fingerprint density at radius 1 is 1.00 bits per heavy atom. The van der Waals surface area contributed by atoms with Gasteiger partial charge >= 0.3 is 6.03 Å². The number of rotatable bonds is 2. The van der Waals surface area contributed by atoms with E-state index in [-0.39, 0.29) is 18.0 Å². The molecule has 0 spiro atoms. The van der Waals surface area contributed by atoms with Crippen LogP contribution >= 0.6 is 0 Å². The highest BCUT2D eigenvalue weighted by Crippen LogP contribution is 2.24. The highest BCUT2D eigenvalue weighted by Gasteiger charge is 2.32. The first-order valence-corrected chi connectivity index (χ1v) is 10.3. The maximum atomic E-state index is 12.9. The summed E-state index contributed by atoms with van der Waals surface area (Å²) in [6.07, 6.45) is 5.17. The molecule has 0 N–H and O–H groups in total. The van der Waals surface area contributed by atoms with E-state index in [1.165, 1.54) is 6.42 Å². The fourth-order valence-corrected chi connectivity index (χ4v) is 4.15. The van der Waals surface area contributed by atoms with E-state index in [4.69, 9.17) is 0 Å². The summed E-state index contributed by atoms with van der Waals surface area (Å²) < 4.78 is 1.90. The Morgan fingerprint density at radius 2 is 1.76 bits per heavy atom. The molecule has 2 fully saturated rings. The average molecular weight is 399 g/mol. The first-order chi connectivity index (χ1) is 14.0. The molecular weight excluding hydrogens is 370 g/mol. The van der Waals surface area contributed by atoms with Gasteiger partial charge in [-0.2, -0.15) is 0 Å². The van der Waals surface area contributed by atoms with Crippen molar-refractivity contribution < 1.29 is 9.59 Å². The average Bonchev–Trinajstić information content (AvgIpc) is 3.16. The second-order valence-electron chi connectivity index (χ2n) is 8.18. The van der Waals surface area contributed by atoms with Crippen molar-refractivity contribution in [3.8, 4) is 0 Å². The Balaban J connectivity index is 1.63. The number of likely N-dealkylation sites (N-methyl/N-ethyl adjacent to an activating group) is 1. The molecule has 2 aromatic heterocycles. The molecule has 4 heterocycles. The number of piperidine rings is 1. The number of urea groups is 1. The van der Waals surface area contributed by atoms with Crippen molar-refractivity contribution >= 4 is 17.6 Å². The molecule has 0 saturated carbocycles. The molecule has 1 unspecified atom stereocenters. The molecule has 2 aliphatic heterocycles. The standard InChI is InChI=1S/C20H29N7O2/c1-23(2)20(29)26-12-11-24(3)16(14-26)18-22-21-17-8-7-15(13-27(17)18)19(28)25-9-5-4-6-10-25/h7-8,13,16H,4-6,9-12,14H2,1-3H3. The van der Waals surface area contributed by atoms with Crippen LogP contribution in [0.1, 0.15) is 41.5 Å². The van der Waals surface area contributed by atoms with Crippen LogP contribution in [0.5, 0.6) is 0 Å². The molecule has 9 heteroatoms. The van der Waals surface area contributed by atoms with E-state index in [1.807, 2.05) is 39.6 Å². The second-order valence-corrected chi connectivity index (χ2v) is 8.18. The quantitative estimate of drug-likeness (QED) is 0.761. The minimum Gasteiger partial charge on any atom is -0.339 e. The van der Waals surface area contributed by atoms with Crippen molar-refractivity contribution in [3.63, 3.8) is 0 Å². The van der Waals surface area contributed by atoms with Gasteiger partial charge in [-0.15, -0.1) is 10.2 Å². The van der Waals surface area contributed by atoms with Gasteiger partial charge in [-0.1, -0.05) is 0 Å². The lowest BCUT2D eigenvalue weighted by Gasteiger charge is -2.39. The normalized spacial score (nSPS) is 20.9. The second kappa shape index (κ2) is 7.98. The predicted molar refractivity (Wildman–Crippen MR) is 109 cm³/mol. The van der Waals surface area contributed by atoms with Crippen LogP contribution in [-0.4, -0.2) is 100 Å². The highest BCUT2D eigenvalue weighted by atomic mass is 16.2. The zero-order chi connectivity index (χ0) is 20.5. The monoisotopic (exact) mass is 399 g/mol. The van der Waals surface area contributed by atoms with Crippen LogP contribution < -0.4 is 0 Å². The minimum absolute atomic E-state index is 0.00196. The van der Waals surface area contributed by atoms with Crippen LogP contribution in [0.4, 0.5) is 4.79 Å². The summed E-state index contributed by atoms with van der Waals surface area (Å²) in [6, 6.07) is 3.59. The van der Waals surface area contributed by atoms with E-state index in [0.29, 0.717) is 24.3 Å². The van der Waals surface area contributed by atoms with Crippen molar-refractivity contribution in [1.29, 1.82) is 0 Å². The third-order valence-corrected chi connectivity index (χ3v) is 5.92. The third kappa shape index (κ3) is 3.78. The molecular formula is C20H29N7O2. The van der Waals surface area contributed by atoms with Crippen molar-refractivity contribution in [3.05, 3.63) is 29.7 Å². The van der Waals surface area contributed by atoms with Crippen molar-refractivity contribution in [1.82, 2.24) is 34.2 Å². The summed E-state index contributed by atoms with van der Waals surface area (Å²) in [4.78, 5) is 32.9. The molecule has 0 radical (unpaired) electrons. The fourth-order valence-electron chi connectivity index (χ4n) is 4.15. The molecule has 0 aliphatic carbocycles. The molecule has 156 valence electrons. The lowest BCUT2D eigenvalue weighted by atomic mass is 10.1. The molecule has 0 bridgehead atoms. The number of aromatic nitrogens is 3. The van der Waals surface area contributed by atoms with Gasteiger partial charge in [0.2, 0.25) is 0 Å². The Labute approximate surface area is 170 Å². The van der Waals surface area contributed by atoms with E-state index in [1.54, 1.807) is 19.0 Å². The number of carbonyl (C=O) groups is 2. The highest BCUT2D eigenvalue weighted by molar-refractivity contribution is 5.94. The largest absolute Gasteiger partial charge is 0.339 e. The zero-order valence-corrected chi connectivity index (χ0v) is 17.4. The van der Waals surface area contributed by atoms with Gasteiger partial charge in [0.15, 0.2) is 11.5 Å². The van der Waals surface area contributed by atoms with Crippen LogP contribution in [0, 0.1) is 0 Å². The van der Waals surface area contributed by atoms with Crippen LogP contribution in [0.2, 0.25) is 0 Å². The first kappa shape index (κ1) is 19.6. The number of nitrogens with zero attached hydrogens (tertiary/aromatic N) is 7. The van der Waals surface area contributed by atoms with Gasteiger partial charge in [0.1, 0.15) is 0 Å². The maximum Gasteiger partial charge on any atom is 0.319 e. The fraction of sp³-hybridized carbons (Fsp3) is 0.600. The van der Waals surface area contributed by atoms with Gasteiger partial charge in [0.25, 0.3) is 5.91 Å². The lowest BCUT2D eigenvalue weighted by molar-refractivity contribution is 0.0723. The molecule has 4 rings (SSSR count). The number of pyridine rings is 1. The number of amides is 3. The molecule has 3 amide bonds. The maximum absolute atomic E-state index is 12.9. The lowest BCUT2D eigenvalue weighted by Crippen LogP contribution is -2.52. The predicted octanol–water partition coefficient (Wildman–Crippen LogP) is 1.33. The Kier molecular flexibility index (Phi) is 5.40. The molecule has 0 aromatic carbocycles. The van der Waals surface area contributed by atoms with Crippen molar-refractivity contribution in [2.45, 2.75) is 25.3 Å². The van der Waals surface area contributed by atoms with Gasteiger partial charge in [-0.25, -0.2) is 4.79 Å². The Bertz CT molecular complexity index is 903. The summed E-state index contributed by atoms with van der Waals surface area (Å²) in [5, 5.41) is 8.71. The number of hydrogen-bond acceptors (Lipinski definition) is 5. The molecule has 29 heavy (non-hydrogen) atoms. The number of likely N-dealkylation sites (tertiary alicyclic amines) is 1. The minimum atomic E-state index is -0.0806. The van der Waals surface area contributed by atoms with Gasteiger partial charge in [0.05, 0.1) is 11.6 Å². The SMILES string of the molecule is CN(C)C(=O)N1CCN(C)C(c2nnc3ccc(C(=O)N4CCCCC4)cn23)C1. The number of piperazine rings is 1. The van der Waals surface area contributed by atoms with Gasteiger partial charge < -0.3 is 14.7 Å². The smallest absolute Gasteiger partial charge is 0.319 e. The van der Waals surface area contributed by atoms with E-state index in [2.05, 4.69) is 15.1 Å².